The van der Waals surface area contributed by atoms with Gasteiger partial charge in [0, 0.05) is 11.6 Å². The summed E-state index contributed by atoms with van der Waals surface area (Å²) >= 11 is 0. The number of ketones is 3. The molecule has 3 rings (SSSR count). The second-order valence-electron chi connectivity index (χ2n) is 7.89. The van der Waals surface area contributed by atoms with Gasteiger partial charge in [-0.05, 0) is 27.7 Å². The SMILES string of the molecule is CC(=O)C1=C(O)C=C2Oc3c(C(C)=O)c(OC(F)(F)C(F)C(F)(F)F)c(C)c(O)c3C2(C)C1=O. The van der Waals surface area contributed by atoms with E-state index in [1.807, 2.05) is 0 Å². The lowest BCUT2D eigenvalue weighted by atomic mass is 9.71. The number of phenolic OH excluding ortho intramolecular Hbond substituents is 1. The second kappa shape index (κ2) is 7.50. The van der Waals surface area contributed by atoms with Crippen LogP contribution in [0.25, 0.3) is 0 Å². The summed E-state index contributed by atoms with van der Waals surface area (Å²) in [6.07, 6.45) is -15.5. The molecule has 1 aliphatic carbocycles. The van der Waals surface area contributed by atoms with E-state index in [1.54, 1.807) is 0 Å². The number of phenols is 1. The van der Waals surface area contributed by atoms with Crippen molar-refractivity contribution in [2.45, 2.75) is 51.6 Å². The lowest BCUT2D eigenvalue weighted by Gasteiger charge is -2.29. The van der Waals surface area contributed by atoms with E-state index in [0.717, 1.165) is 33.8 Å². The van der Waals surface area contributed by atoms with E-state index in [0.29, 0.717) is 0 Å². The standard InChI is InChI=1S/C21H16F6O7/c1-6-14(31)13-16(33-10-5-9(30)11(7(2)28)17(32)19(10,13)4)12(8(3)29)15(6)34-21(26,27)18(22)20(23,24)25/h5,18,30-31H,1-4H3. The number of alkyl halides is 6. The summed E-state index contributed by atoms with van der Waals surface area (Å²) in [6.45, 7) is 3.81. The maximum atomic E-state index is 14.0. The van der Waals surface area contributed by atoms with Crippen molar-refractivity contribution in [3.05, 3.63) is 39.9 Å². The first-order valence-electron chi connectivity index (χ1n) is 9.44. The number of Topliss-reactive ketones (excluding diaryl/α,β-unsaturated/α-hetero) is 3. The van der Waals surface area contributed by atoms with Gasteiger partial charge in [0.15, 0.2) is 17.3 Å². The van der Waals surface area contributed by atoms with Crippen LogP contribution in [0.15, 0.2) is 23.2 Å². The van der Waals surface area contributed by atoms with E-state index >= 15 is 0 Å². The zero-order valence-electron chi connectivity index (χ0n) is 17.9. The third-order valence-electron chi connectivity index (χ3n) is 5.55. The Hall–Kier alpha value is -3.51. The first-order valence-corrected chi connectivity index (χ1v) is 9.44. The molecular weight excluding hydrogens is 478 g/mol. The van der Waals surface area contributed by atoms with E-state index < -0.39 is 92.3 Å². The third kappa shape index (κ3) is 3.41. The largest absolute Gasteiger partial charge is 0.507 e. The first kappa shape index (κ1) is 25.1. The minimum Gasteiger partial charge on any atom is -0.507 e. The molecule has 7 nitrogen and oxygen atoms in total. The molecule has 1 aromatic carbocycles. The lowest BCUT2D eigenvalue weighted by Crippen LogP contribution is -2.46. The third-order valence-corrected chi connectivity index (χ3v) is 5.55. The molecule has 2 N–H and O–H groups in total. The molecule has 2 aliphatic rings. The molecule has 2 atom stereocenters. The number of halogens is 6. The highest BCUT2D eigenvalue weighted by Gasteiger charge is 2.61. The Bertz CT molecular complexity index is 1210. The monoisotopic (exact) mass is 494 g/mol. The van der Waals surface area contributed by atoms with Crippen molar-refractivity contribution < 1.29 is 60.4 Å². The molecular formula is C21H16F6O7. The molecule has 0 saturated heterocycles. The van der Waals surface area contributed by atoms with Crippen LogP contribution in [-0.4, -0.2) is 46.0 Å². The van der Waals surface area contributed by atoms with Gasteiger partial charge in [-0.3, -0.25) is 14.4 Å². The van der Waals surface area contributed by atoms with Crippen LogP contribution < -0.4 is 9.47 Å². The van der Waals surface area contributed by atoms with Gasteiger partial charge in [-0.15, -0.1) is 0 Å². The van der Waals surface area contributed by atoms with Gasteiger partial charge >= 0.3 is 12.3 Å². The van der Waals surface area contributed by atoms with Crippen LogP contribution in [0.3, 0.4) is 0 Å². The fourth-order valence-electron chi connectivity index (χ4n) is 3.85. The molecule has 0 bridgehead atoms. The number of hydrogen-bond donors (Lipinski definition) is 2. The van der Waals surface area contributed by atoms with Crippen LogP contribution >= 0.6 is 0 Å². The van der Waals surface area contributed by atoms with E-state index in [-0.39, 0.29) is 0 Å². The smallest absolute Gasteiger partial charge is 0.439 e. The minimum atomic E-state index is -6.02. The van der Waals surface area contributed by atoms with Crippen LogP contribution in [0.4, 0.5) is 26.3 Å². The minimum absolute atomic E-state index is 0.408. The Balaban J connectivity index is 2.30. The highest BCUT2D eigenvalue weighted by molar-refractivity contribution is 6.25. The van der Waals surface area contributed by atoms with Crippen molar-refractivity contribution in [2.75, 3.05) is 0 Å². The van der Waals surface area contributed by atoms with E-state index in [9.17, 15) is 50.9 Å². The second-order valence-corrected chi connectivity index (χ2v) is 7.89. The number of rotatable bonds is 5. The van der Waals surface area contributed by atoms with Crippen LogP contribution in [0, 0.1) is 6.92 Å². The average Bonchev–Trinajstić information content (AvgIpc) is 2.97. The summed E-state index contributed by atoms with van der Waals surface area (Å²) in [6, 6.07) is 0. The highest BCUT2D eigenvalue weighted by Crippen LogP contribution is 2.58. The van der Waals surface area contributed by atoms with Crippen LogP contribution in [0.2, 0.25) is 0 Å². The number of benzene rings is 1. The van der Waals surface area contributed by atoms with Crippen molar-refractivity contribution >= 4 is 17.3 Å². The summed E-state index contributed by atoms with van der Waals surface area (Å²) in [5.41, 5.74) is -4.79. The Morgan fingerprint density at radius 3 is 2.15 bits per heavy atom. The number of aliphatic hydroxyl groups is 1. The first-order chi connectivity index (χ1) is 15.4. The molecule has 1 heterocycles. The molecule has 1 aliphatic heterocycles. The molecule has 34 heavy (non-hydrogen) atoms. The summed E-state index contributed by atoms with van der Waals surface area (Å²) in [4.78, 5) is 37.4. The Kier molecular flexibility index (Phi) is 5.54. The normalized spacial score (nSPS) is 20.9. The molecule has 2 unspecified atom stereocenters. The number of aliphatic hydroxyl groups excluding tert-OH is 1. The van der Waals surface area contributed by atoms with Gasteiger partial charge < -0.3 is 19.7 Å². The van der Waals surface area contributed by atoms with Crippen molar-refractivity contribution in [3.63, 3.8) is 0 Å². The predicted octanol–water partition coefficient (Wildman–Crippen LogP) is 4.29. The summed E-state index contributed by atoms with van der Waals surface area (Å²) in [5, 5.41) is 20.8. The Labute approximate surface area is 187 Å². The van der Waals surface area contributed by atoms with E-state index in [2.05, 4.69) is 4.74 Å². The van der Waals surface area contributed by atoms with Gasteiger partial charge in [-0.2, -0.15) is 22.0 Å². The number of aromatic hydroxyl groups is 1. The van der Waals surface area contributed by atoms with Crippen molar-refractivity contribution in [1.29, 1.82) is 0 Å². The van der Waals surface area contributed by atoms with Crippen LogP contribution in [-0.2, 0) is 15.0 Å². The van der Waals surface area contributed by atoms with Gasteiger partial charge in [0.1, 0.15) is 45.3 Å². The quantitative estimate of drug-likeness (QED) is 0.357. The Morgan fingerprint density at radius 2 is 1.68 bits per heavy atom. The number of carbonyl (C=O) groups is 3. The molecule has 0 amide bonds. The molecule has 0 aromatic heterocycles. The zero-order chi connectivity index (χ0) is 26.1. The van der Waals surface area contributed by atoms with Gasteiger partial charge in [-0.1, -0.05) is 0 Å². The number of fused-ring (bicyclic) bond motifs is 3. The summed E-state index contributed by atoms with van der Waals surface area (Å²) < 4.78 is 88.6. The fraction of sp³-hybridized carbons (Fsp3) is 0.381. The fourth-order valence-corrected chi connectivity index (χ4v) is 3.85. The molecule has 0 saturated carbocycles. The van der Waals surface area contributed by atoms with Crippen molar-refractivity contribution in [1.82, 2.24) is 0 Å². The maximum absolute atomic E-state index is 14.0. The number of ether oxygens (including phenoxy) is 2. The van der Waals surface area contributed by atoms with Gasteiger partial charge in [0.05, 0.1) is 5.56 Å². The van der Waals surface area contributed by atoms with Gasteiger partial charge in [0.25, 0.3) is 6.17 Å². The van der Waals surface area contributed by atoms with E-state index in [4.69, 9.17) is 4.74 Å². The summed E-state index contributed by atoms with van der Waals surface area (Å²) in [7, 11) is 0. The topological polar surface area (TPSA) is 110 Å². The van der Waals surface area contributed by atoms with Gasteiger partial charge in [0.2, 0.25) is 0 Å². The molecule has 184 valence electrons. The predicted molar refractivity (Wildman–Crippen MR) is 101 cm³/mol. The van der Waals surface area contributed by atoms with E-state index in [1.165, 1.54) is 0 Å². The van der Waals surface area contributed by atoms with Crippen molar-refractivity contribution in [2.24, 2.45) is 0 Å². The highest BCUT2D eigenvalue weighted by atomic mass is 19.4. The lowest BCUT2D eigenvalue weighted by molar-refractivity contribution is -0.305. The number of hydrogen-bond acceptors (Lipinski definition) is 7. The molecule has 0 spiro atoms. The maximum Gasteiger partial charge on any atom is 0.439 e. The van der Waals surface area contributed by atoms with Gasteiger partial charge in [-0.25, -0.2) is 4.39 Å². The van der Waals surface area contributed by atoms with Crippen LogP contribution in [0.1, 0.15) is 42.3 Å². The molecule has 13 heteroatoms. The molecule has 0 fully saturated rings. The zero-order valence-corrected chi connectivity index (χ0v) is 17.9. The summed E-state index contributed by atoms with van der Waals surface area (Å²) in [5.74, 6) is -7.25. The number of carbonyl (C=O) groups excluding carboxylic acids is 3. The average molecular weight is 494 g/mol. The van der Waals surface area contributed by atoms with Crippen molar-refractivity contribution in [3.8, 4) is 17.2 Å². The Morgan fingerprint density at radius 1 is 1.12 bits per heavy atom. The number of allylic oxidation sites excluding steroid dienone is 3. The van der Waals surface area contributed by atoms with Crippen LogP contribution in [0.5, 0.6) is 17.2 Å². The molecule has 1 aromatic rings. The molecule has 0 radical (unpaired) electrons.